The van der Waals surface area contributed by atoms with Gasteiger partial charge in [0.15, 0.2) is 0 Å². The van der Waals surface area contributed by atoms with Gasteiger partial charge in [-0.25, -0.2) is 9.69 Å². The Balaban J connectivity index is 2.03. The minimum absolute atomic E-state index is 0.0253. The lowest BCUT2D eigenvalue weighted by atomic mass is 10.1. The number of barbiturate groups is 1. The second-order valence-corrected chi connectivity index (χ2v) is 6.44. The number of hydrogen-bond donors (Lipinski definition) is 2. The summed E-state index contributed by atoms with van der Waals surface area (Å²) in [5.41, 5.74) is 0.543. The van der Waals surface area contributed by atoms with Gasteiger partial charge in [-0.2, -0.15) is 0 Å². The van der Waals surface area contributed by atoms with Gasteiger partial charge in [-0.05, 0) is 57.9 Å². The predicted octanol–water partition coefficient (Wildman–Crippen LogP) is 3.47. The molecule has 6 nitrogen and oxygen atoms in total. The van der Waals surface area contributed by atoms with E-state index in [0.29, 0.717) is 15.1 Å². The number of phenolic OH excluding ortho intramolecular Hbond substituents is 1. The highest BCUT2D eigenvalue weighted by Crippen LogP contribution is 2.27. The summed E-state index contributed by atoms with van der Waals surface area (Å²) in [7, 11) is 0. The van der Waals surface area contributed by atoms with Crippen molar-refractivity contribution in [3.63, 3.8) is 0 Å². The number of urea groups is 1. The van der Waals surface area contributed by atoms with Crippen molar-refractivity contribution in [1.82, 2.24) is 5.32 Å². The summed E-state index contributed by atoms with van der Waals surface area (Å²) in [6, 6.07) is 9.83. The SMILES string of the molecule is O=C1NC(=O)N(c2cccc(Cl)c2)C(=O)C1=Cc1ccc(O)c(Br)c1. The standard InChI is InChI=1S/C17H10BrClN2O4/c18-13-7-9(4-5-14(13)22)6-12-15(23)20-17(25)21(16(12)24)11-3-1-2-10(19)8-11/h1-8,22H,(H,20,23,25). The molecule has 0 radical (unpaired) electrons. The number of benzene rings is 2. The quantitative estimate of drug-likeness (QED) is 0.574. The second kappa shape index (κ2) is 6.70. The van der Waals surface area contributed by atoms with Crippen molar-refractivity contribution in [2.75, 3.05) is 4.90 Å². The molecule has 1 saturated heterocycles. The molecule has 0 aromatic heterocycles. The summed E-state index contributed by atoms with van der Waals surface area (Å²) in [6.45, 7) is 0. The van der Waals surface area contributed by atoms with Crippen molar-refractivity contribution < 1.29 is 19.5 Å². The molecule has 4 amide bonds. The van der Waals surface area contributed by atoms with E-state index in [0.717, 1.165) is 4.90 Å². The van der Waals surface area contributed by atoms with Crippen molar-refractivity contribution in [3.05, 3.63) is 63.1 Å². The lowest BCUT2D eigenvalue weighted by molar-refractivity contribution is -0.122. The Morgan fingerprint density at radius 2 is 1.88 bits per heavy atom. The molecule has 0 spiro atoms. The van der Waals surface area contributed by atoms with Crippen LogP contribution in [0.2, 0.25) is 5.02 Å². The molecule has 2 aromatic carbocycles. The van der Waals surface area contributed by atoms with Crippen LogP contribution in [0, 0.1) is 0 Å². The fourth-order valence-corrected chi connectivity index (χ4v) is 2.87. The van der Waals surface area contributed by atoms with Crippen molar-refractivity contribution in [2.45, 2.75) is 0 Å². The number of rotatable bonds is 2. The molecule has 0 unspecified atom stereocenters. The molecule has 8 heteroatoms. The number of nitrogens with zero attached hydrogens (tertiary/aromatic N) is 1. The Morgan fingerprint density at radius 3 is 2.56 bits per heavy atom. The van der Waals surface area contributed by atoms with Crippen LogP contribution in [-0.4, -0.2) is 23.0 Å². The van der Waals surface area contributed by atoms with Crippen LogP contribution in [0.4, 0.5) is 10.5 Å². The minimum atomic E-state index is -0.846. The summed E-state index contributed by atoms with van der Waals surface area (Å²) >= 11 is 9.07. The molecular weight excluding hydrogens is 412 g/mol. The number of nitrogens with one attached hydrogen (secondary N) is 1. The zero-order valence-electron chi connectivity index (χ0n) is 12.5. The molecule has 1 fully saturated rings. The topological polar surface area (TPSA) is 86.7 Å². The molecule has 2 N–H and O–H groups in total. The van der Waals surface area contributed by atoms with Crippen LogP contribution in [0.1, 0.15) is 5.56 Å². The van der Waals surface area contributed by atoms with Crippen LogP contribution < -0.4 is 10.2 Å². The van der Waals surface area contributed by atoms with Crippen molar-refractivity contribution in [1.29, 1.82) is 0 Å². The van der Waals surface area contributed by atoms with Crippen molar-refractivity contribution in [3.8, 4) is 5.75 Å². The van der Waals surface area contributed by atoms with Crippen molar-refractivity contribution >= 4 is 57.1 Å². The first-order valence-electron chi connectivity index (χ1n) is 7.02. The van der Waals surface area contributed by atoms with E-state index in [4.69, 9.17) is 11.6 Å². The van der Waals surface area contributed by atoms with Crippen molar-refractivity contribution in [2.24, 2.45) is 0 Å². The first kappa shape index (κ1) is 17.2. The van der Waals surface area contributed by atoms with E-state index in [1.807, 2.05) is 0 Å². The zero-order chi connectivity index (χ0) is 18.1. The molecule has 0 bridgehead atoms. The minimum Gasteiger partial charge on any atom is -0.507 e. The largest absolute Gasteiger partial charge is 0.507 e. The van der Waals surface area contributed by atoms with Crippen LogP contribution in [-0.2, 0) is 9.59 Å². The third kappa shape index (κ3) is 3.42. The van der Waals surface area contributed by atoms with E-state index in [1.54, 1.807) is 18.2 Å². The molecule has 1 heterocycles. The fraction of sp³-hybridized carbons (Fsp3) is 0. The van der Waals surface area contributed by atoms with Crippen LogP contribution in [0.3, 0.4) is 0 Å². The molecule has 0 aliphatic carbocycles. The Labute approximate surface area is 155 Å². The first-order valence-corrected chi connectivity index (χ1v) is 8.19. The maximum absolute atomic E-state index is 12.7. The summed E-state index contributed by atoms with van der Waals surface area (Å²) in [5.74, 6) is -1.53. The highest BCUT2D eigenvalue weighted by atomic mass is 79.9. The van der Waals surface area contributed by atoms with Gasteiger partial charge in [0.05, 0.1) is 10.2 Å². The van der Waals surface area contributed by atoms with Crippen LogP contribution >= 0.6 is 27.5 Å². The van der Waals surface area contributed by atoms with Gasteiger partial charge in [0.1, 0.15) is 11.3 Å². The number of carbonyl (C=O) groups is 3. The number of carbonyl (C=O) groups excluding carboxylic acids is 3. The highest BCUT2D eigenvalue weighted by Gasteiger charge is 2.36. The lowest BCUT2D eigenvalue weighted by Gasteiger charge is -2.26. The molecule has 3 rings (SSSR count). The maximum Gasteiger partial charge on any atom is 0.335 e. The zero-order valence-corrected chi connectivity index (χ0v) is 14.8. The average molecular weight is 422 g/mol. The summed E-state index contributed by atoms with van der Waals surface area (Å²) in [6.07, 6.45) is 1.34. The third-order valence-electron chi connectivity index (χ3n) is 3.45. The van der Waals surface area contributed by atoms with E-state index in [1.165, 1.54) is 30.3 Å². The number of phenols is 1. The van der Waals surface area contributed by atoms with Gasteiger partial charge in [-0.3, -0.25) is 14.9 Å². The average Bonchev–Trinajstić information content (AvgIpc) is 2.54. The lowest BCUT2D eigenvalue weighted by Crippen LogP contribution is -2.54. The van der Waals surface area contributed by atoms with E-state index < -0.39 is 17.8 Å². The number of halogens is 2. The fourth-order valence-electron chi connectivity index (χ4n) is 2.29. The van der Waals surface area contributed by atoms with Gasteiger partial charge in [-0.1, -0.05) is 23.7 Å². The van der Waals surface area contributed by atoms with Gasteiger partial charge in [0.25, 0.3) is 11.8 Å². The monoisotopic (exact) mass is 420 g/mol. The Hall–Kier alpha value is -2.64. The van der Waals surface area contributed by atoms with Gasteiger partial charge >= 0.3 is 6.03 Å². The molecule has 0 atom stereocenters. The summed E-state index contributed by atoms with van der Waals surface area (Å²) < 4.78 is 0.410. The Bertz CT molecular complexity index is 942. The Morgan fingerprint density at radius 1 is 1.12 bits per heavy atom. The van der Waals surface area contributed by atoms with Gasteiger partial charge in [-0.15, -0.1) is 0 Å². The smallest absolute Gasteiger partial charge is 0.335 e. The summed E-state index contributed by atoms with van der Waals surface area (Å²) in [5, 5.41) is 12.0. The van der Waals surface area contributed by atoms with E-state index in [2.05, 4.69) is 21.2 Å². The van der Waals surface area contributed by atoms with E-state index in [-0.39, 0.29) is 17.0 Å². The molecule has 1 aliphatic heterocycles. The van der Waals surface area contributed by atoms with Gasteiger partial charge in [0, 0.05) is 5.02 Å². The van der Waals surface area contributed by atoms with Crippen LogP contribution in [0.25, 0.3) is 6.08 Å². The van der Waals surface area contributed by atoms with Crippen LogP contribution in [0.15, 0.2) is 52.5 Å². The van der Waals surface area contributed by atoms with E-state index in [9.17, 15) is 19.5 Å². The first-order chi connectivity index (χ1) is 11.9. The predicted molar refractivity (Wildman–Crippen MR) is 96.3 cm³/mol. The maximum atomic E-state index is 12.7. The summed E-state index contributed by atoms with van der Waals surface area (Å²) in [4.78, 5) is 37.7. The van der Waals surface area contributed by atoms with E-state index >= 15 is 0 Å². The normalized spacial score (nSPS) is 16.3. The second-order valence-electron chi connectivity index (χ2n) is 5.15. The number of imide groups is 2. The third-order valence-corrected chi connectivity index (χ3v) is 4.32. The van der Waals surface area contributed by atoms with Crippen LogP contribution in [0.5, 0.6) is 5.75 Å². The number of hydrogen-bond acceptors (Lipinski definition) is 4. The molecule has 126 valence electrons. The Kier molecular flexibility index (Phi) is 4.61. The number of aromatic hydroxyl groups is 1. The molecule has 25 heavy (non-hydrogen) atoms. The number of anilines is 1. The molecular formula is C17H10BrClN2O4. The van der Waals surface area contributed by atoms with Gasteiger partial charge < -0.3 is 5.11 Å². The highest BCUT2D eigenvalue weighted by molar-refractivity contribution is 9.10. The molecule has 2 aromatic rings. The van der Waals surface area contributed by atoms with Gasteiger partial charge in [0.2, 0.25) is 0 Å². The molecule has 0 saturated carbocycles. The molecule has 1 aliphatic rings. The number of amides is 4.